The quantitative estimate of drug-likeness (QED) is 0.521. The van der Waals surface area contributed by atoms with Gasteiger partial charge in [-0.05, 0) is 44.0 Å². The number of cyclic esters (lactones) is 2. The molecule has 1 aliphatic heterocycles. The summed E-state index contributed by atoms with van der Waals surface area (Å²) in [6.45, 7) is 5.10. The lowest BCUT2D eigenvalue weighted by Gasteiger charge is -2.38. The molecule has 3 rings (SSSR count). The normalized spacial score (nSPS) is 19.0. The van der Waals surface area contributed by atoms with Gasteiger partial charge in [-0.3, -0.25) is 0 Å². The Labute approximate surface area is 180 Å². The fourth-order valence-electron chi connectivity index (χ4n) is 3.11. The van der Waals surface area contributed by atoms with E-state index in [-0.39, 0.29) is 6.61 Å². The van der Waals surface area contributed by atoms with E-state index in [4.69, 9.17) is 18.9 Å². The summed E-state index contributed by atoms with van der Waals surface area (Å²) in [6.07, 6.45) is -3.25. The summed E-state index contributed by atoms with van der Waals surface area (Å²) < 4.78 is 21.2. The van der Waals surface area contributed by atoms with E-state index in [2.05, 4.69) is 0 Å². The second-order valence-electron chi connectivity index (χ2n) is 7.97. The van der Waals surface area contributed by atoms with Crippen molar-refractivity contribution in [2.24, 2.45) is 0 Å². The molecule has 2 aromatic rings. The summed E-state index contributed by atoms with van der Waals surface area (Å²) >= 11 is 0. The molecule has 0 spiro atoms. The predicted molar refractivity (Wildman–Crippen MR) is 110 cm³/mol. The summed E-state index contributed by atoms with van der Waals surface area (Å²) in [5, 5.41) is 0. The molecule has 0 N–H and O–H groups in total. The molecule has 0 aromatic heterocycles. The molecule has 1 saturated heterocycles. The van der Waals surface area contributed by atoms with Gasteiger partial charge < -0.3 is 18.9 Å². The fraction of sp³-hybridized carbons (Fsp3) is 0.348. The number of imide groups is 1. The van der Waals surface area contributed by atoms with Crippen LogP contribution in [0.25, 0.3) is 0 Å². The smallest absolute Gasteiger partial charge is 0.427 e. The van der Waals surface area contributed by atoms with Gasteiger partial charge in [-0.15, -0.1) is 0 Å². The van der Waals surface area contributed by atoms with Gasteiger partial charge in [0.25, 0.3) is 0 Å². The van der Waals surface area contributed by atoms with Gasteiger partial charge in [0, 0.05) is 0 Å². The summed E-state index contributed by atoms with van der Waals surface area (Å²) in [5.74, 6) is -0.183. The molecular weight excluding hydrogens is 402 g/mol. The first kappa shape index (κ1) is 22.3. The van der Waals surface area contributed by atoms with Gasteiger partial charge in [0.15, 0.2) is 6.10 Å². The van der Waals surface area contributed by atoms with E-state index in [1.165, 1.54) is 0 Å². The Hall–Kier alpha value is -3.39. The lowest BCUT2D eigenvalue weighted by Crippen LogP contribution is -2.55. The lowest BCUT2D eigenvalue weighted by atomic mass is 9.98. The van der Waals surface area contributed by atoms with Crippen LogP contribution in [0.3, 0.4) is 0 Å². The van der Waals surface area contributed by atoms with E-state index in [0.717, 1.165) is 10.5 Å². The number of hydrogen-bond donors (Lipinski definition) is 0. The number of esters is 1. The van der Waals surface area contributed by atoms with E-state index in [1.807, 2.05) is 0 Å². The van der Waals surface area contributed by atoms with Crippen molar-refractivity contribution in [3.05, 3.63) is 65.7 Å². The van der Waals surface area contributed by atoms with Crippen molar-refractivity contribution in [3.8, 4) is 5.75 Å². The molecule has 31 heavy (non-hydrogen) atoms. The topological polar surface area (TPSA) is 91.4 Å². The molecule has 1 fully saturated rings. The van der Waals surface area contributed by atoms with Gasteiger partial charge in [0.05, 0.1) is 13.7 Å². The number of amides is 2. The van der Waals surface area contributed by atoms with E-state index in [0.29, 0.717) is 11.3 Å². The van der Waals surface area contributed by atoms with Crippen molar-refractivity contribution in [3.63, 3.8) is 0 Å². The van der Waals surface area contributed by atoms with Gasteiger partial charge in [-0.2, -0.15) is 0 Å². The van der Waals surface area contributed by atoms with Crippen LogP contribution in [0, 0.1) is 0 Å². The number of benzene rings is 2. The second-order valence-corrected chi connectivity index (χ2v) is 7.97. The summed E-state index contributed by atoms with van der Waals surface area (Å²) in [4.78, 5) is 38.7. The van der Waals surface area contributed by atoms with E-state index >= 15 is 0 Å². The van der Waals surface area contributed by atoms with E-state index < -0.39 is 35.9 Å². The zero-order valence-electron chi connectivity index (χ0n) is 17.9. The van der Waals surface area contributed by atoms with Crippen molar-refractivity contribution in [2.75, 3.05) is 7.11 Å². The Kier molecular flexibility index (Phi) is 6.60. The minimum atomic E-state index is -1.23. The zero-order chi connectivity index (χ0) is 22.6. The standard InChI is InChI=1S/C23H25NO7/c1-23(2,3)31-22(27)24-18(16-8-6-5-7-9-16)19(20(25)30-21(24)26)29-14-15-10-12-17(28-4)13-11-15/h5-13,18-19H,14H2,1-4H3/t18-,19+/m0/s1. The molecular formula is C23H25NO7. The van der Waals surface area contributed by atoms with E-state index in [1.54, 1.807) is 82.5 Å². The molecule has 2 atom stereocenters. The number of rotatable bonds is 5. The van der Waals surface area contributed by atoms with Gasteiger partial charge in [-0.25, -0.2) is 19.3 Å². The maximum atomic E-state index is 12.8. The Morgan fingerprint density at radius 2 is 1.68 bits per heavy atom. The Morgan fingerprint density at radius 1 is 1.03 bits per heavy atom. The van der Waals surface area contributed by atoms with Crippen molar-refractivity contribution < 1.29 is 33.3 Å². The third kappa shape index (κ3) is 5.40. The summed E-state index contributed by atoms with van der Waals surface area (Å²) in [6, 6.07) is 14.8. The number of carbonyl (C=O) groups excluding carboxylic acids is 3. The first-order valence-corrected chi connectivity index (χ1v) is 9.77. The highest BCUT2D eigenvalue weighted by Crippen LogP contribution is 2.33. The third-order valence-corrected chi connectivity index (χ3v) is 4.50. The average Bonchev–Trinajstić information content (AvgIpc) is 2.72. The Bertz CT molecular complexity index is 935. The predicted octanol–water partition coefficient (Wildman–Crippen LogP) is 4.24. The largest absolute Gasteiger partial charge is 0.497 e. The van der Waals surface area contributed by atoms with Crippen LogP contribution in [0.15, 0.2) is 54.6 Å². The molecule has 8 heteroatoms. The summed E-state index contributed by atoms with van der Waals surface area (Å²) in [7, 11) is 1.57. The van der Waals surface area contributed by atoms with Gasteiger partial charge in [-0.1, -0.05) is 42.5 Å². The van der Waals surface area contributed by atoms with E-state index in [9.17, 15) is 14.4 Å². The van der Waals surface area contributed by atoms with Crippen molar-refractivity contribution in [1.82, 2.24) is 4.90 Å². The van der Waals surface area contributed by atoms with Crippen LogP contribution < -0.4 is 4.74 Å². The SMILES string of the molecule is COc1ccc(CO[C@H]2C(=O)OC(=O)N(C(=O)OC(C)(C)C)[C@H]2c2ccccc2)cc1. The maximum absolute atomic E-state index is 12.8. The van der Waals surface area contributed by atoms with Crippen LogP contribution in [0.2, 0.25) is 0 Å². The number of carbonyl (C=O) groups is 3. The first-order chi connectivity index (χ1) is 14.7. The third-order valence-electron chi connectivity index (χ3n) is 4.50. The zero-order valence-corrected chi connectivity index (χ0v) is 17.9. The number of nitrogens with zero attached hydrogens (tertiary/aromatic N) is 1. The molecule has 2 aromatic carbocycles. The first-order valence-electron chi connectivity index (χ1n) is 9.77. The van der Waals surface area contributed by atoms with Gasteiger partial charge >= 0.3 is 18.2 Å². The van der Waals surface area contributed by atoms with Crippen LogP contribution in [0.4, 0.5) is 9.59 Å². The van der Waals surface area contributed by atoms with Gasteiger partial charge in [0.2, 0.25) is 0 Å². The molecule has 0 radical (unpaired) electrons. The van der Waals surface area contributed by atoms with Crippen molar-refractivity contribution in [2.45, 2.75) is 45.1 Å². The minimum absolute atomic E-state index is 0.0590. The summed E-state index contributed by atoms with van der Waals surface area (Å²) in [5.41, 5.74) is 0.471. The van der Waals surface area contributed by atoms with Crippen LogP contribution in [-0.2, 0) is 25.6 Å². The lowest BCUT2D eigenvalue weighted by molar-refractivity contribution is -0.164. The molecule has 164 valence electrons. The molecule has 1 aliphatic rings. The van der Waals surface area contributed by atoms with Crippen LogP contribution in [-0.4, -0.2) is 41.9 Å². The minimum Gasteiger partial charge on any atom is -0.497 e. The maximum Gasteiger partial charge on any atom is 0.427 e. The Balaban J connectivity index is 1.91. The number of ether oxygens (including phenoxy) is 4. The molecule has 0 bridgehead atoms. The van der Waals surface area contributed by atoms with Crippen LogP contribution in [0.1, 0.15) is 37.9 Å². The number of hydrogen-bond acceptors (Lipinski definition) is 7. The average molecular weight is 427 g/mol. The highest BCUT2D eigenvalue weighted by atomic mass is 16.6. The Morgan fingerprint density at radius 3 is 2.26 bits per heavy atom. The van der Waals surface area contributed by atoms with Gasteiger partial charge in [0.1, 0.15) is 17.4 Å². The molecule has 2 amide bonds. The highest BCUT2D eigenvalue weighted by molar-refractivity contribution is 5.98. The molecule has 8 nitrogen and oxygen atoms in total. The molecule has 1 heterocycles. The van der Waals surface area contributed by atoms with Crippen LogP contribution in [0.5, 0.6) is 5.75 Å². The monoisotopic (exact) mass is 427 g/mol. The van der Waals surface area contributed by atoms with Crippen molar-refractivity contribution in [1.29, 1.82) is 0 Å². The molecule has 0 unspecified atom stereocenters. The van der Waals surface area contributed by atoms with Crippen LogP contribution >= 0.6 is 0 Å². The molecule has 0 saturated carbocycles. The van der Waals surface area contributed by atoms with Crippen molar-refractivity contribution >= 4 is 18.2 Å². The fourth-order valence-corrected chi connectivity index (χ4v) is 3.11. The highest BCUT2D eigenvalue weighted by Gasteiger charge is 2.49. The molecule has 0 aliphatic carbocycles. The number of methoxy groups -OCH3 is 1. The second kappa shape index (κ2) is 9.18.